The molecule has 16 heavy (non-hydrogen) atoms. The van der Waals surface area contributed by atoms with E-state index in [2.05, 4.69) is 28.1 Å². The number of amides is 2. The van der Waals surface area contributed by atoms with Crippen molar-refractivity contribution in [2.45, 2.75) is 6.42 Å². The first kappa shape index (κ1) is 10.4. The molecule has 0 radical (unpaired) electrons. The first-order chi connectivity index (χ1) is 7.81. The molecule has 82 valence electrons. The summed E-state index contributed by atoms with van der Waals surface area (Å²) in [6.45, 7) is 3.73. The SMILES string of the molecule is C=NC(=O)NCCc1c[nH]c2ccccc12. The summed E-state index contributed by atoms with van der Waals surface area (Å²) in [6, 6.07) is 7.72. The zero-order valence-corrected chi connectivity index (χ0v) is 8.86. The fraction of sp³-hybridized carbons (Fsp3) is 0.167. The van der Waals surface area contributed by atoms with Gasteiger partial charge in [-0.3, -0.25) is 0 Å². The number of rotatable bonds is 3. The molecule has 0 fully saturated rings. The predicted octanol–water partition coefficient (Wildman–Crippen LogP) is 2.12. The van der Waals surface area contributed by atoms with Gasteiger partial charge in [0.1, 0.15) is 0 Å². The summed E-state index contributed by atoms with van der Waals surface area (Å²) in [5.74, 6) is 0. The number of benzene rings is 1. The third-order valence-electron chi connectivity index (χ3n) is 2.49. The summed E-state index contributed by atoms with van der Waals surface area (Å²) in [5.41, 5.74) is 2.31. The molecule has 2 N–H and O–H groups in total. The molecular formula is C12H13N3O. The van der Waals surface area contributed by atoms with Crippen molar-refractivity contribution in [2.24, 2.45) is 4.99 Å². The number of aromatic amines is 1. The van der Waals surface area contributed by atoms with E-state index in [1.807, 2.05) is 24.4 Å². The molecule has 0 aliphatic heterocycles. The third kappa shape index (κ3) is 2.11. The lowest BCUT2D eigenvalue weighted by atomic mass is 10.1. The lowest BCUT2D eigenvalue weighted by Gasteiger charge is -2.00. The van der Waals surface area contributed by atoms with Crippen LogP contribution in [0.3, 0.4) is 0 Å². The number of para-hydroxylation sites is 1. The van der Waals surface area contributed by atoms with Gasteiger partial charge in [0.2, 0.25) is 0 Å². The molecule has 2 amide bonds. The second kappa shape index (κ2) is 4.61. The maximum atomic E-state index is 10.9. The topological polar surface area (TPSA) is 57.2 Å². The molecule has 4 nitrogen and oxygen atoms in total. The molecule has 1 aromatic carbocycles. The van der Waals surface area contributed by atoms with Crippen LogP contribution in [0.1, 0.15) is 5.56 Å². The fourth-order valence-corrected chi connectivity index (χ4v) is 1.70. The van der Waals surface area contributed by atoms with Gasteiger partial charge < -0.3 is 10.3 Å². The quantitative estimate of drug-likeness (QED) is 0.757. The van der Waals surface area contributed by atoms with Gasteiger partial charge in [-0.05, 0) is 24.8 Å². The van der Waals surface area contributed by atoms with Gasteiger partial charge in [0, 0.05) is 23.6 Å². The van der Waals surface area contributed by atoms with E-state index in [-0.39, 0.29) is 6.03 Å². The number of carbonyl (C=O) groups excluding carboxylic acids is 1. The Morgan fingerprint density at radius 1 is 1.44 bits per heavy atom. The number of hydrogen-bond acceptors (Lipinski definition) is 1. The Balaban J connectivity index is 2.04. The van der Waals surface area contributed by atoms with Gasteiger partial charge in [-0.25, -0.2) is 9.79 Å². The van der Waals surface area contributed by atoms with Gasteiger partial charge in [-0.1, -0.05) is 18.2 Å². The summed E-state index contributed by atoms with van der Waals surface area (Å²) in [7, 11) is 0. The lowest BCUT2D eigenvalue weighted by molar-refractivity contribution is 0.249. The van der Waals surface area contributed by atoms with Gasteiger partial charge in [-0.2, -0.15) is 0 Å². The van der Waals surface area contributed by atoms with E-state index in [1.165, 1.54) is 10.9 Å². The predicted molar refractivity (Wildman–Crippen MR) is 65.0 cm³/mol. The van der Waals surface area contributed by atoms with Crippen molar-refractivity contribution < 1.29 is 4.79 Å². The molecule has 1 aromatic heterocycles. The monoisotopic (exact) mass is 215 g/mol. The zero-order chi connectivity index (χ0) is 11.4. The molecule has 2 rings (SSSR count). The minimum absolute atomic E-state index is 0.375. The van der Waals surface area contributed by atoms with E-state index in [9.17, 15) is 4.79 Å². The highest BCUT2D eigenvalue weighted by molar-refractivity contribution is 5.83. The molecule has 0 atom stereocenters. The average molecular weight is 215 g/mol. The smallest absolute Gasteiger partial charge is 0.340 e. The van der Waals surface area contributed by atoms with Gasteiger partial charge in [0.25, 0.3) is 0 Å². The number of fused-ring (bicyclic) bond motifs is 1. The maximum absolute atomic E-state index is 10.9. The Kier molecular flexibility index (Phi) is 3.00. The van der Waals surface area contributed by atoms with E-state index in [0.717, 1.165) is 11.9 Å². The molecular weight excluding hydrogens is 202 g/mol. The first-order valence-electron chi connectivity index (χ1n) is 5.11. The Bertz CT molecular complexity index is 516. The van der Waals surface area contributed by atoms with Crippen LogP contribution in [0.25, 0.3) is 10.9 Å². The molecule has 1 heterocycles. The van der Waals surface area contributed by atoms with E-state index in [1.54, 1.807) is 0 Å². The zero-order valence-electron chi connectivity index (χ0n) is 8.86. The molecule has 0 saturated carbocycles. The minimum atomic E-state index is -0.375. The average Bonchev–Trinajstić information content (AvgIpc) is 2.73. The highest BCUT2D eigenvalue weighted by atomic mass is 16.2. The molecule has 0 bridgehead atoms. The summed E-state index contributed by atoms with van der Waals surface area (Å²) >= 11 is 0. The molecule has 0 saturated heterocycles. The molecule has 4 heteroatoms. The highest BCUT2D eigenvalue weighted by Crippen LogP contribution is 2.17. The van der Waals surface area contributed by atoms with E-state index < -0.39 is 0 Å². The molecule has 0 spiro atoms. The van der Waals surface area contributed by atoms with Crippen molar-refractivity contribution in [1.29, 1.82) is 0 Å². The first-order valence-corrected chi connectivity index (χ1v) is 5.11. The van der Waals surface area contributed by atoms with Crippen LogP contribution in [-0.2, 0) is 6.42 Å². The van der Waals surface area contributed by atoms with Crippen molar-refractivity contribution in [1.82, 2.24) is 10.3 Å². The van der Waals surface area contributed by atoms with Crippen LogP contribution in [0.4, 0.5) is 4.79 Å². The number of carbonyl (C=O) groups is 1. The molecule has 2 aromatic rings. The number of aromatic nitrogens is 1. The second-order valence-corrected chi connectivity index (χ2v) is 3.50. The number of hydrogen-bond donors (Lipinski definition) is 2. The molecule has 0 aliphatic carbocycles. The third-order valence-corrected chi connectivity index (χ3v) is 2.49. The number of nitrogens with zero attached hydrogens (tertiary/aromatic N) is 1. The summed E-state index contributed by atoms with van der Waals surface area (Å²) in [6.07, 6.45) is 2.75. The van der Waals surface area contributed by atoms with Crippen LogP contribution >= 0.6 is 0 Å². The number of H-pyrrole nitrogens is 1. The van der Waals surface area contributed by atoms with Crippen LogP contribution in [0.2, 0.25) is 0 Å². The molecule has 0 unspecified atom stereocenters. The largest absolute Gasteiger partial charge is 0.361 e. The standard InChI is InChI=1S/C12H13N3O/c1-13-12(16)14-7-6-9-8-15-11-5-3-2-4-10(9)11/h2-5,8,15H,1,6-7H2,(H,14,16). The Morgan fingerprint density at radius 3 is 3.06 bits per heavy atom. The Morgan fingerprint density at radius 2 is 2.25 bits per heavy atom. The lowest BCUT2D eigenvalue weighted by Crippen LogP contribution is -2.21. The van der Waals surface area contributed by atoms with Crippen molar-refractivity contribution in [3.05, 3.63) is 36.0 Å². The maximum Gasteiger partial charge on any atom is 0.340 e. The van der Waals surface area contributed by atoms with Crippen molar-refractivity contribution in [3.63, 3.8) is 0 Å². The number of nitrogens with one attached hydrogen (secondary N) is 2. The van der Waals surface area contributed by atoms with Crippen LogP contribution in [-0.4, -0.2) is 24.3 Å². The van der Waals surface area contributed by atoms with Crippen LogP contribution in [0.15, 0.2) is 35.5 Å². The summed E-state index contributed by atoms with van der Waals surface area (Å²) < 4.78 is 0. The second-order valence-electron chi connectivity index (χ2n) is 3.50. The van der Waals surface area contributed by atoms with Crippen LogP contribution < -0.4 is 5.32 Å². The Labute approximate surface area is 93.4 Å². The van der Waals surface area contributed by atoms with Crippen molar-refractivity contribution in [2.75, 3.05) is 6.54 Å². The summed E-state index contributed by atoms with van der Waals surface area (Å²) in [4.78, 5) is 17.3. The van der Waals surface area contributed by atoms with Gasteiger partial charge in [-0.15, -0.1) is 0 Å². The van der Waals surface area contributed by atoms with E-state index >= 15 is 0 Å². The van der Waals surface area contributed by atoms with Crippen LogP contribution in [0.5, 0.6) is 0 Å². The normalized spacial score (nSPS) is 10.2. The van der Waals surface area contributed by atoms with Gasteiger partial charge in [0.05, 0.1) is 0 Å². The van der Waals surface area contributed by atoms with Crippen molar-refractivity contribution >= 4 is 23.7 Å². The fourth-order valence-electron chi connectivity index (χ4n) is 1.70. The van der Waals surface area contributed by atoms with Crippen molar-refractivity contribution in [3.8, 4) is 0 Å². The molecule has 0 aliphatic rings. The van der Waals surface area contributed by atoms with Gasteiger partial charge in [0.15, 0.2) is 0 Å². The number of urea groups is 1. The Hall–Kier alpha value is -2.10. The minimum Gasteiger partial charge on any atom is -0.361 e. The van der Waals surface area contributed by atoms with E-state index in [4.69, 9.17) is 0 Å². The van der Waals surface area contributed by atoms with Crippen LogP contribution in [0, 0.1) is 0 Å². The number of aliphatic imine (C=N–C) groups is 1. The summed E-state index contributed by atoms with van der Waals surface area (Å²) in [5, 5.41) is 3.85. The van der Waals surface area contributed by atoms with Gasteiger partial charge >= 0.3 is 6.03 Å². The highest BCUT2D eigenvalue weighted by Gasteiger charge is 2.02. The van der Waals surface area contributed by atoms with E-state index in [0.29, 0.717) is 6.54 Å².